The number of rotatable bonds is 2. The lowest BCUT2D eigenvalue weighted by Gasteiger charge is -2.06. The number of hydrogen-bond acceptors (Lipinski definition) is 2. The van der Waals surface area contributed by atoms with E-state index in [0.29, 0.717) is 11.1 Å². The number of amides is 1. The minimum absolute atomic E-state index is 0.376. The Morgan fingerprint density at radius 2 is 2.15 bits per heavy atom. The summed E-state index contributed by atoms with van der Waals surface area (Å²) >= 11 is 5.70. The molecule has 1 aromatic rings. The van der Waals surface area contributed by atoms with Gasteiger partial charge in [0.25, 0.3) is 0 Å². The highest BCUT2D eigenvalue weighted by molar-refractivity contribution is 6.30. The van der Waals surface area contributed by atoms with E-state index in [9.17, 15) is 4.79 Å². The van der Waals surface area contributed by atoms with E-state index in [1.807, 2.05) is 6.07 Å². The van der Waals surface area contributed by atoms with Gasteiger partial charge in [-0.05, 0) is 11.6 Å². The van der Waals surface area contributed by atoms with Gasteiger partial charge >= 0.3 is 0 Å². The number of halogens is 1. The van der Waals surface area contributed by atoms with Gasteiger partial charge < -0.3 is 5.73 Å². The normalized spacial score (nSPS) is 11.7. The first-order chi connectivity index (χ1) is 6.16. The number of carbonyl (C=O) groups is 1. The first-order valence-corrected chi connectivity index (χ1v) is 4.03. The van der Waals surface area contributed by atoms with Crippen molar-refractivity contribution >= 4 is 17.5 Å². The molecular weight excluding hydrogens is 188 g/mol. The van der Waals surface area contributed by atoms with Gasteiger partial charge in [-0.25, -0.2) is 0 Å². The molecule has 1 amide bonds. The van der Waals surface area contributed by atoms with Gasteiger partial charge in [-0.1, -0.05) is 18.2 Å². The fourth-order valence-electron chi connectivity index (χ4n) is 0.973. The highest BCUT2D eigenvalue weighted by Gasteiger charge is 2.16. The summed E-state index contributed by atoms with van der Waals surface area (Å²) in [6.45, 7) is 0. The highest BCUT2D eigenvalue weighted by Crippen LogP contribution is 2.22. The van der Waals surface area contributed by atoms with Crippen LogP contribution < -0.4 is 5.73 Å². The molecule has 0 aromatic heterocycles. The number of alkyl halides is 1. The second kappa shape index (κ2) is 3.92. The quantitative estimate of drug-likeness (QED) is 0.722. The number of benzene rings is 1. The first kappa shape index (κ1) is 9.56. The van der Waals surface area contributed by atoms with Crippen molar-refractivity contribution in [3.05, 3.63) is 35.4 Å². The molecule has 1 aromatic carbocycles. The van der Waals surface area contributed by atoms with Crippen LogP contribution >= 0.6 is 11.6 Å². The number of primary amides is 1. The van der Waals surface area contributed by atoms with Gasteiger partial charge in [0.05, 0.1) is 11.6 Å². The molecule has 0 heterocycles. The first-order valence-electron chi connectivity index (χ1n) is 3.59. The predicted molar refractivity (Wildman–Crippen MR) is 48.9 cm³/mol. The molecule has 0 saturated carbocycles. The summed E-state index contributed by atoms with van der Waals surface area (Å²) in [7, 11) is 0. The summed E-state index contributed by atoms with van der Waals surface area (Å²) < 4.78 is 0. The lowest BCUT2D eigenvalue weighted by atomic mass is 10.1. The molecule has 0 fully saturated rings. The average molecular weight is 195 g/mol. The van der Waals surface area contributed by atoms with Crippen molar-refractivity contribution in [3.8, 4) is 6.07 Å². The fourth-order valence-corrected chi connectivity index (χ4v) is 1.16. The van der Waals surface area contributed by atoms with Crippen molar-refractivity contribution in [2.45, 2.75) is 5.38 Å². The minimum Gasteiger partial charge on any atom is -0.368 e. The number of nitriles is 1. The molecular formula is C9H7ClN2O. The minimum atomic E-state index is -0.934. The Morgan fingerprint density at radius 3 is 2.69 bits per heavy atom. The van der Waals surface area contributed by atoms with E-state index in [4.69, 9.17) is 22.6 Å². The molecule has 0 aliphatic rings. The molecule has 0 radical (unpaired) electrons. The third-order valence-electron chi connectivity index (χ3n) is 1.60. The van der Waals surface area contributed by atoms with Gasteiger partial charge in [0, 0.05) is 0 Å². The van der Waals surface area contributed by atoms with Gasteiger partial charge in [0.2, 0.25) is 5.91 Å². The van der Waals surface area contributed by atoms with Crippen molar-refractivity contribution in [2.24, 2.45) is 5.73 Å². The summed E-state index contributed by atoms with van der Waals surface area (Å²) in [5.41, 5.74) is 5.85. The second-order valence-corrected chi connectivity index (χ2v) is 2.90. The van der Waals surface area contributed by atoms with E-state index in [-0.39, 0.29) is 0 Å². The van der Waals surface area contributed by atoms with E-state index in [1.54, 1.807) is 24.3 Å². The Bertz CT molecular complexity index is 370. The van der Waals surface area contributed by atoms with Crippen LogP contribution in [0.2, 0.25) is 0 Å². The Kier molecular flexibility index (Phi) is 2.88. The van der Waals surface area contributed by atoms with Gasteiger partial charge in [-0.2, -0.15) is 5.26 Å². The largest absolute Gasteiger partial charge is 0.368 e. The van der Waals surface area contributed by atoms with Crippen molar-refractivity contribution in [2.75, 3.05) is 0 Å². The number of nitrogens with two attached hydrogens (primary N) is 1. The topological polar surface area (TPSA) is 66.9 Å². The third-order valence-corrected chi connectivity index (χ3v) is 2.05. The maximum Gasteiger partial charge on any atom is 0.240 e. The zero-order valence-electron chi connectivity index (χ0n) is 6.70. The van der Waals surface area contributed by atoms with Crippen LogP contribution in [-0.4, -0.2) is 5.91 Å². The molecule has 0 aliphatic carbocycles. The van der Waals surface area contributed by atoms with E-state index in [2.05, 4.69) is 0 Å². The van der Waals surface area contributed by atoms with Crippen molar-refractivity contribution in [1.29, 1.82) is 5.26 Å². The van der Waals surface area contributed by atoms with E-state index < -0.39 is 11.3 Å². The van der Waals surface area contributed by atoms with Crippen molar-refractivity contribution in [3.63, 3.8) is 0 Å². The number of hydrogen-bond donors (Lipinski definition) is 1. The van der Waals surface area contributed by atoms with Gasteiger partial charge in [-0.3, -0.25) is 4.79 Å². The SMILES string of the molecule is N#Cc1ccccc1C(Cl)C(N)=O. The van der Waals surface area contributed by atoms with Crippen LogP contribution in [-0.2, 0) is 4.79 Å². The van der Waals surface area contributed by atoms with Crippen LogP contribution in [0.15, 0.2) is 24.3 Å². The van der Waals surface area contributed by atoms with E-state index >= 15 is 0 Å². The van der Waals surface area contributed by atoms with Crippen molar-refractivity contribution < 1.29 is 4.79 Å². The molecule has 3 nitrogen and oxygen atoms in total. The molecule has 0 bridgehead atoms. The summed E-state index contributed by atoms with van der Waals surface area (Å²) in [5.74, 6) is -0.649. The summed E-state index contributed by atoms with van der Waals surface area (Å²) in [6.07, 6.45) is 0. The third kappa shape index (κ3) is 1.98. The number of nitrogens with zero attached hydrogens (tertiary/aromatic N) is 1. The lowest BCUT2D eigenvalue weighted by molar-refractivity contribution is -0.117. The average Bonchev–Trinajstić information content (AvgIpc) is 2.16. The standard InChI is InChI=1S/C9H7ClN2O/c10-8(9(12)13)7-4-2-1-3-6(7)5-11/h1-4,8H,(H2,12,13). The molecule has 1 atom stereocenters. The smallest absolute Gasteiger partial charge is 0.240 e. The highest BCUT2D eigenvalue weighted by atomic mass is 35.5. The zero-order chi connectivity index (χ0) is 9.84. The molecule has 1 unspecified atom stereocenters. The molecule has 13 heavy (non-hydrogen) atoms. The lowest BCUT2D eigenvalue weighted by Crippen LogP contribution is -2.17. The van der Waals surface area contributed by atoms with Crippen LogP contribution in [0.25, 0.3) is 0 Å². The van der Waals surface area contributed by atoms with E-state index in [1.165, 1.54) is 0 Å². The Hall–Kier alpha value is -1.53. The predicted octanol–water partition coefficient (Wildman–Crippen LogP) is 1.32. The van der Waals surface area contributed by atoms with Crippen LogP contribution in [0.4, 0.5) is 0 Å². The van der Waals surface area contributed by atoms with E-state index in [0.717, 1.165) is 0 Å². The van der Waals surface area contributed by atoms with Gasteiger partial charge in [0.1, 0.15) is 5.38 Å². The molecule has 0 spiro atoms. The Balaban J connectivity index is 3.15. The Morgan fingerprint density at radius 1 is 1.54 bits per heavy atom. The molecule has 0 aliphatic heterocycles. The van der Waals surface area contributed by atoms with Gasteiger partial charge in [0.15, 0.2) is 0 Å². The zero-order valence-corrected chi connectivity index (χ0v) is 7.45. The molecule has 66 valence electrons. The van der Waals surface area contributed by atoms with Crippen LogP contribution in [0.3, 0.4) is 0 Å². The maximum absolute atomic E-state index is 10.7. The molecule has 2 N–H and O–H groups in total. The van der Waals surface area contributed by atoms with Crippen molar-refractivity contribution in [1.82, 2.24) is 0 Å². The summed E-state index contributed by atoms with van der Waals surface area (Å²) in [5, 5.41) is 7.75. The summed E-state index contributed by atoms with van der Waals surface area (Å²) in [4.78, 5) is 10.7. The number of carbonyl (C=O) groups excluding carboxylic acids is 1. The maximum atomic E-state index is 10.7. The van der Waals surface area contributed by atoms with Crippen LogP contribution in [0, 0.1) is 11.3 Å². The molecule has 0 saturated heterocycles. The van der Waals surface area contributed by atoms with Gasteiger partial charge in [-0.15, -0.1) is 11.6 Å². The Labute approximate surface area is 80.7 Å². The monoisotopic (exact) mass is 194 g/mol. The van der Waals surface area contributed by atoms with Crippen LogP contribution in [0.5, 0.6) is 0 Å². The fraction of sp³-hybridized carbons (Fsp3) is 0.111. The molecule has 1 rings (SSSR count). The summed E-state index contributed by atoms with van der Waals surface area (Å²) in [6, 6.07) is 8.55. The molecule has 4 heteroatoms. The van der Waals surface area contributed by atoms with Crippen LogP contribution in [0.1, 0.15) is 16.5 Å². The second-order valence-electron chi connectivity index (χ2n) is 2.46.